The average molecular weight is 632 g/mol. The van der Waals surface area contributed by atoms with E-state index in [0.717, 1.165) is 85.8 Å². The van der Waals surface area contributed by atoms with Crippen molar-refractivity contribution in [3.63, 3.8) is 0 Å². The fraction of sp³-hybridized carbons (Fsp3) is 0.526. The van der Waals surface area contributed by atoms with Crippen LogP contribution in [0.25, 0.3) is 11.1 Å². The standard InChI is InChI=1S/C38H50FN3O4/c1-26-31(34(36(43)44)46-37(2,3)4)33(41-23-19-38(5,6)20-24-41)32(35(40-26)42-21-8-7-9-22-42)28-12-16-30(17-13-28)45-25-18-27-10-14-29(39)15-11-27/h10-17,34H,7-9,18-25H2,1-6H3,(H,43,44)/t34-/m0/s1. The molecule has 0 radical (unpaired) electrons. The summed E-state index contributed by atoms with van der Waals surface area (Å²) < 4.78 is 25.7. The van der Waals surface area contributed by atoms with Crippen molar-refractivity contribution in [1.82, 2.24) is 4.98 Å². The number of halogens is 1. The van der Waals surface area contributed by atoms with Crippen molar-refractivity contribution < 1.29 is 23.8 Å². The number of aromatic nitrogens is 1. The molecule has 2 saturated heterocycles. The Balaban J connectivity index is 1.60. The molecule has 0 amide bonds. The number of rotatable bonds is 10. The molecule has 0 bridgehead atoms. The van der Waals surface area contributed by atoms with Gasteiger partial charge in [-0.25, -0.2) is 14.2 Å². The van der Waals surface area contributed by atoms with Crippen LogP contribution in [0.3, 0.4) is 0 Å². The van der Waals surface area contributed by atoms with Crippen molar-refractivity contribution in [1.29, 1.82) is 0 Å². The number of carbonyl (C=O) groups is 1. The molecule has 7 nitrogen and oxygen atoms in total. The summed E-state index contributed by atoms with van der Waals surface area (Å²) in [5, 5.41) is 10.6. The summed E-state index contributed by atoms with van der Waals surface area (Å²) in [5.41, 5.74) is 4.75. The van der Waals surface area contributed by atoms with E-state index in [1.807, 2.05) is 39.8 Å². The summed E-state index contributed by atoms with van der Waals surface area (Å²) in [4.78, 5) is 22.9. The van der Waals surface area contributed by atoms with E-state index >= 15 is 0 Å². The van der Waals surface area contributed by atoms with Gasteiger partial charge in [0, 0.05) is 49.4 Å². The second-order valence-corrected chi connectivity index (χ2v) is 14.6. The van der Waals surface area contributed by atoms with Gasteiger partial charge in [-0.1, -0.05) is 38.1 Å². The number of nitrogens with zero attached hydrogens (tertiary/aromatic N) is 3. The molecular formula is C38H50FN3O4. The molecule has 0 aliphatic carbocycles. The number of benzene rings is 2. The average Bonchev–Trinajstić information content (AvgIpc) is 3.01. The lowest BCUT2D eigenvalue weighted by molar-refractivity contribution is -0.160. The maximum Gasteiger partial charge on any atom is 0.337 e. The van der Waals surface area contributed by atoms with E-state index in [0.29, 0.717) is 24.3 Å². The Hall–Kier alpha value is -3.65. The predicted octanol–water partition coefficient (Wildman–Crippen LogP) is 8.38. The third-order valence-electron chi connectivity index (χ3n) is 9.14. The van der Waals surface area contributed by atoms with Crippen LogP contribution in [0, 0.1) is 18.2 Å². The first-order chi connectivity index (χ1) is 21.8. The van der Waals surface area contributed by atoms with Gasteiger partial charge in [0.1, 0.15) is 17.4 Å². The molecular weight excluding hydrogens is 581 g/mol. The van der Waals surface area contributed by atoms with E-state index in [2.05, 4.69) is 35.8 Å². The Morgan fingerprint density at radius 3 is 2.17 bits per heavy atom. The molecule has 0 saturated carbocycles. The van der Waals surface area contributed by atoms with Crippen LogP contribution < -0.4 is 14.5 Å². The summed E-state index contributed by atoms with van der Waals surface area (Å²) in [6.07, 6.45) is 4.91. The summed E-state index contributed by atoms with van der Waals surface area (Å²) in [5.74, 6) is 0.391. The number of carboxylic acid groups (broad SMARTS) is 1. The van der Waals surface area contributed by atoms with Crippen molar-refractivity contribution >= 4 is 17.5 Å². The number of hydrogen-bond acceptors (Lipinski definition) is 6. The van der Waals surface area contributed by atoms with E-state index < -0.39 is 17.7 Å². The van der Waals surface area contributed by atoms with Gasteiger partial charge in [-0.05, 0) is 101 Å². The molecule has 2 aliphatic rings. The van der Waals surface area contributed by atoms with Crippen molar-refractivity contribution in [3.8, 4) is 16.9 Å². The highest BCUT2D eigenvalue weighted by Crippen LogP contribution is 2.48. The lowest BCUT2D eigenvalue weighted by Gasteiger charge is -2.42. The fourth-order valence-electron chi connectivity index (χ4n) is 6.51. The Bertz CT molecular complexity index is 1480. The minimum Gasteiger partial charge on any atom is -0.493 e. The Kier molecular flexibility index (Phi) is 10.3. The number of aryl methyl sites for hydroxylation is 1. The molecule has 0 unspecified atom stereocenters. The van der Waals surface area contributed by atoms with Gasteiger partial charge >= 0.3 is 5.97 Å². The molecule has 248 valence electrons. The molecule has 2 aliphatic heterocycles. The van der Waals surface area contributed by atoms with E-state index in [1.54, 1.807) is 12.1 Å². The minimum absolute atomic E-state index is 0.218. The van der Waals surface area contributed by atoms with Crippen molar-refractivity contribution in [3.05, 3.63) is 71.2 Å². The van der Waals surface area contributed by atoms with Gasteiger partial charge in [0.15, 0.2) is 6.10 Å². The van der Waals surface area contributed by atoms with E-state index in [1.165, 1.54) is 18.6 Å². The molecule has 2 aromatic carbocycles. The van der Waals surface area contributed by atoms with Crippen LogP contribution in [0.4, 0.5) is 15.9 Å². The molecule has 1 aromatic heterocycles. The molecule has 1 N–H and O–H groups in total. The molecule has 3 heterocycles. The van der Waals surface area contributed by atoms with Crippen LogP contribution >= 0.6 is 0 Å². The zero-order chi connectivity index (χ0) is 33.1. The summed E-state index contributed by atoms with van der Waals surface area (Å²) in [7, 11) is 0. The summed E-state index contributed by atoms with van der Waals surface area (Å²) >= 11 is 0. The largest absolute Gasteiger partial charge is 0.493 e. The van der Waals surface area contributed by atoms with Crippen molar-refractivity contribution in [2.75, 3.05) is 42.6 Å². The van der Waals surface area contributed by atoms with E-state index in [9.17, 15) is 14.3 Å². The molecule has 5 rings (SSSR count). The molecule has 1 atom stereocenters. The predicted molar refractivity (Wildman–Crippen MR) is 183 cm³/mol. The van der Waals surface area contributed by atoms with Gasteiger partial charge in [-0.15, -0.1) is 0 Å². The SMILES string of the molecule is Cc1nc(N2CCCCC2)c(-c2ccc(OCCc3ccc(F)cc3)cc2)c(N2CCC(C)(C)CC2)c1[C@H](OC(C)(C)C)C(=O)O. The maximum atomic E-state index is 13.3. The molecule has 2 fully saturated rings. The highest BCUT2D eigenvalue weighted by molar-refractivity contribution is 5.93. The number of aliphatic carboxylic acids is 1. The number of ether oxygens (including phenoxy) is 2. The summed E-state index contributed by atoms with van der Waals surface area (Å²) in [6.45, 7) is 16.2. The van der Waals surface area contributed by atoms with E-state index in [4.69, 9.17) is 14.5 Å². The van der Waals surface area contributed by atoms with Crippen LogP contribution in [0.5, 0.6) is 5.75 Å². The Morgan fingerprint density at radius 2 is 1.59 bits per heavy atom. The Labute approximate surface area is 273 Å². The molecule has 3 aromatic rings. The fourth-order valence-corrected chi connectivity index (χ4v) is 6.51. The first-order valence-electron chi connectivity index (χ1n) is 16.7. The monoisotopic (exact) mass is 631 g/mol. The number of hydrogen-bond donors (Lipinski definition) is 1. The number of anilines is 2. The molecule has 46 heavy (non-hydrogen) atoms. The third-order valence-corrected chi connectivity index (χ3v) is 9.14. The van der Waals surface area contributed by atoms with Gasteiger partial charge in [0.25, 0.3) is 0 Å². The second kappa shape index (κ2) is 14.0. The topological polar surface area (TPSA) is 75.1 Å². The quantitative estimate of drug-likeness (QED) is 0.241. The first kappa shape index (κ1) is 33.7. The first-order valence-corrected chi connectivity index (χ1v) is 16.7. The summed E-state index contributed by atoms with van der Waals surface area (Å²) in [6, 6.07) is 14.6. The van der Waals surface area contributed by atoms with Crippen LogP contribution in [0.2, 0.25) is 0 Å². The second-order valence-electron chi connectivity index (χ2n) is 14.6. The van der Waals surface area contributed by atoms with Gasteiger partial charge in [0.05, 0.1) is 17.9 Å². The van der Waals surface area contributed by atoms with Crippen LogP contribution in [-0.2, 0) is 16.0 Å². The van der Waals surface area contributed by atoms with E-state index in [-0.39, 0.29) is 11.2 Å². The smallest absolute Gasteiger partial charge is 0.337 e. The highest BCUT2D eigenvalue weighted by atomic mass is 19.1. The van der Waals surface area contributed by atoms with Crippen molar-refractivity contribution in [2.24, 2.45) is 5.41 Å². The van der Waals surface area contributed by atoms with Gasteiger partial charge in [-0.3, -0.25) is 0 Å². The van der Waals surface area contributed by atoms with Crippen molar-refractivity contribution in [2.45, 2.75) is 91.8 Å². The lowest BCUT2D eigenvalue weighted by Crippen LogP contribution is -2.40. The zero-order valence-corrected chi connectivity index (χ0v) is 28.4. The van der Waals surface area contributed by atoms with Gasteiger partial charge < -0.3 is 24.4 Å². The normalized spacial score (nSPS) is 17.5. The lowest BCUT2D eigenvalue weighted by atomic mass is 9.82. The molecule has 8 heteroatoms. The minimum atomic E-state index is -1.17. The zero-order valence-electron chi connectivity index (χ0n) is 28.4. The van der Waals surface area contributed by atoms with Gasteiger partial charge in [-0.2, -0.15) is 0 Å². The molecule has 0 spiro atoms. The van der Waals surface area contributed by atoms with Crippen LogP contribution in [-0.4, -0.2) is 54.4 Å². The number of carboxylic acids is 1. The number of pyridine rings is 1. The third kappa shape index (κ3) is 8.19. The highest BCUT2D eigenvalue weighted by Gasteiger charge is 2.37. The van der Waals surface area contributed by atoms with Crippen LogP contribution in [0.15, 0.2) is 48.5 Å². The Morgan fingerprint density at radius 1 is 0.957 bits per heavy atom. The maximum absolute atomic E-state index is 13.3. The van der Waals surface area contributed by atoms with Gasteiger partial charge in [0.2, 0.25) is 0 Å². The van der Waals surface area contributed by atoms with Crippen LogP contribution in [0.1, 0.15) is 89.6 Å². The number of piperidine rings is 2.